The van der Waals surface area contributed by atoms with Crippen molar-refractivity contribution in [2.24, 2.45) is 0 Å². The average molecular weight is 306 g/mol. The molecule has 0 bridgehead atoms. The lowest BCUT2D eigenvalue weighted by Gasteiger charge is -2.10. The van der Waals surface area contributed by atoms with Crippen molar-refractivity contribution in [3.8, 4) is 5.69 Å². The van der Waals surface area contributed by atoms with E-state index >= 15 is 0 Å². The van der Waals surface area contributed by atoms with Crippen LogP contribution in [0.25, 0.3) is 5.69 Å². The van der Waals surface area contributed by atoms with Gasteiger partial charge < -0.3 is 4.74 Å². The van der Waals surface area contributed by atoms with E-state index in [-0.39, 0.29) is 11.2 Å². The van der Waals surface area contributed by atoms with Crippen LogP contribution in [-0.4, -0.2) is 38.0 Å². The molecule has 0 N–H and O–H groups in total. The first-order chi connectivity index (χ1) is 10.1. The fourth-order valence-electron chi connectivity index (χ4n) is 1.63. The minimum atomic E-state index is -0.355. The summed E-state index contributed by atoms with van der Waals surface area (Å²) >= 11 is 1.29. The summed E-state index contributed by atoms with van der Waals surface area (Å²) in [4.78, 5) is 11.8. The van der Waals surface area contributed by atoms with Gasteiger partial charge in [0.1, 0.15) is 5.25 Å². The lowest BCUT2D eigenvalue weighted by Crippen LogP contribution is -2.18. The van der Waals surface area contributed by atoms with Gasteiger partial charge in [-0.15, -0.1) is 5.10 Å². The fraction of sp³-hybridized carbons (Fsp3) is 0.429. The van der Waals surface area contributed by atoms with Crippen LogP contribution >= 0.6 is 11.8 Å². The highest BCUT2D eigenvalue weighted by Crippen LogP contribution is 2.23. The summed E-state index contributed by atoms with van der Waals surface area (Å²) in [6.45, 7) is 6.21. The van der Waals surface area contributed by atoms with Gasteiger partial charge in [-0.05, 0) is 42.8 Å². The summed E-state index contributed by atoms with van der Waals surface area (Å²) in [6.07, 6.45) is 0.810. The number of carbonyl (C=O) groups is 1. The number of carbonyl (C=O) groups excluding carboxylic acids is 1. The van der Waals surface area contributed by atoms with Crippen LogP contribution in [0, 0.1) is 6.92 Å². The first-order valence-electron chi connectivity index (χ1n) is 6.80. The van der Waals surface area contributed by atoms with Gasteiger partial charge in [0.05, 0.1) is 12.3 Å². The second-order valence-corrected chi connectivity index (χ2v) is 5.94. The maximum absolute atomic E-state index is 11.8. The second kappa shape index (κ2) is 7.21. The van der Waals surface area contributed by atoms with Gasteiger partial charge >= 0.3 is 5.97 Å². The lowest BCUT2D eigenvalue weighted by molar-refractivity contribution is -0.142. The third-order valence-corrected chi connectivity index (χ3v) is 3.79. The van der Waals surface area contributed by atoms with Crippen LogP contribution in [0.5, 0.6) is 0 Å². The zero-order valence-corrected chi connectivity index (χ0v) is 13.1. The minimum Gasteiger partial charge on any atom is -0.465 e. The number of aryl methyl sites for hydroxylation is 1. The summed E-state index contributed by atoms with van der Waals surface area (Å²) < 4.78 is 6.74. The van der Waals surface area contributed by atoms with Crippen molar-refractivity contribution < 1.29 is 9.53 Å². The molecular weight excluding hydrogens is 288 g/mol. The van der Waals surface area contributed by atoms with Crippen molar-refractivity contribution in [3.63, 3.8) is 0 Å². The Morgan fingerprint density at radius 2 is 2.10 bits per heavy atom. The number of tetrazole rings is 1. The molecule has 112 valence electrons. The molecule has 21 heavy (non-hydrogen) atoms. The van der Waals surface area contributed by atoms with Gasteiger partial charge in [0.15, 0.2) is 0 Å². The maximum atomic E-state index is 11.8. The van der Waals surface area contributed by atoms with Crippen LogP contribution < -0.4 is 0 Å². The molecule has 0 amide bonds. The number of thioether (sulfide) groups is 1. The molecule has 1 atom stereocenters. The Labute approximate surface area is 127 Å². The van der Waals surface area contributed by atoms with Gasteiger partial charge in [-0.3, -0.25) is 4.79 Å². The van der Waals surface area contributed by atoms with Crippen LogP contribution in [0.3, 0.4) is 0 Å². The summed E-state index contributed by atoms with van der Waals surface area (Å²) in [5, 5.41) is 11.8. The molecule has 0 aliphatic rings. The molecule has 0 aliphatic carbocycles. The molecule has 0 saturated heterocycles. The number of ether oxygens (including phenoxy) is 1. The molecule has 0 saturated carbocycles. The number of benzene rings is 1. The van der Waals surface area contributed by atoms with Crippen LogP contribution in [0.2, 0.25) is 0 Å². The number of nitrogens with zero attached hydrogens (tertiary/aromatic N) is 4. The Bertz CT molecular complexity index is 597. The first-order valence-corrected chi connectivity index (χ1v) is 7.68. The van der Waals surface area contributed by atoms with Crippen molar-refractivity contribution in [1.29, 1.82) is 0 Å². The standard InChI is InChI=1S/C14H18N4O2S/c1-4-9-20-13(19)11(3)21-14-15-16-17-18(14)12-7-5-10(2)6-8-12/h5-8,11H,4,9H2,1-3H3. The van der Waals surface area contributed by atoms with Crippen LogP contribution in [0.15, 0.2) is 29.4 Å². The SMILES string of the molecule is CCCOC(=O)C(C)Sc1nnnn1-c1ccc(C)cc1. The molecule has 6 nitrogen and oxygen atoms in total. The average Bonchev–Trinajstić information content (AvgIpc) is 2.93. The maximum Gasteiger partial charge on any atom is 0.319 e. The number of esters is 1. The van der Waals surface area contributed by atoms with E-state index in [2.05, 4.69) is 15.5 Å². The second-order valence-electron chi connectivity index (χ2n) is 4.64. The van der Waals surface area contributed by atoms with E-state index in [0.717, 1.165) is 17.7 Å². The monoisotopic (exact) mass is 306 g/mol. The molecule has 1 unspecified atom stereocenters. The van der Waals surface area contributed by atoms with Gasteiger partial charge in [0.2, 0.25) is 5.16 Å². The number of rotatable bonds is 6. The molecule has 0 radical (unpaired) electrons. The number of aromatic nitrogens is 4. The van der Waals surface area contributed by atoms with Gasteiger partial charge in [0.25, 0.3) is 0 Å². The predicted octanol–water partition coefficient (Wildman–Crippen LogP) is 2.40. The largest absolute Gasteiger partial charge is 0.465 e. The molecule has 1 aromatic heterocycles. The zero-order chi connectivity index (χ0) is 15.2. The van der Waals surface area contributed by atoms with Crippen LogP contribution in [-0.2, 0) is 9.53 Å². The van der Waals surface area contributed by atoms with E-state index in [1.54, 1.807) is 11.6 Å². The van der Waals surface area contributed by atoms with Crippen LogP contribution in [0.4, 0.5) is 0 Å². The molecule has 0 spiro atoms. The summed E-state index contributed by atoms with van der Waals surface area (Å²) in [6, 6.07) is 7.86. The van der Waals surface area contributed by atoms with Crippen LogP contribution in [0.1, 0.15) is 25.8 Å². The Morgan fingerprint density at radius 1 is 1.38 bits per heavy atom. The molecule has 1 aromatic carbocycles. The first kappa shape index (κ1) is 15.5. The normalized spacial score (nSPS) is 12.1. The third kappa shape index (κ3) is 4.04. The number of hydrogen-bond donors (Lipinski definition) is 0. The molecular formula is C14H18N4O2S. The van der Waals surface area contributed by atoms with Gasteiger partial charge in [-0.25, -0.2) is 0 Å². The quantitative estimate of drug-likeness (QED) is 0.603. The highest BCUT2D eigenvalue weighted by molar-refractivity contribution is 8.00. The highest BCUT2D eigenvalue weighted by Gasteiger charge is 2.20. The van der Waals surface area contributed by atoms with Crippen molar-refractivity contribution in [1.82, 2.24) is 20.2 Å². The Morgan fingerprint density at radius 3 is 2.76 bits per heavy atom. The van der Waals surface area contributed by atoms with Crippen molar-refractivity contribution in [2.45, 2.75) is 37.6 Å². The minimum absolute atomic E-state index is 0.250. The fourth-order valence-corrected chi connectivity index (χ4v) is 2.43. The van der Waals surface area contributed by atoms with Crippen molar-refractivity contribution >= 4 is 17.7 Å². The number of hydrogen-bond acceptors (Lipinski definition) is 6. The van der Waals surface area contributed by atoms with E-state index in [1.807, 2.05) is 38.1 Å². The van der Waals surface area contributed by atoms with E-state index in [0.29, 0.717) is 11.8 Å². The zero-order valence-electron chi connectivity index (χ0n) is 12.3. The van der Waals surface area contributed by atoms with E-state index in [1.165, 1.54) is 11.8 Å². The van der Waals surface area contributed by atoms with Gasteiger partial charge in [-0.2, -0.15) is 4.68 Å². The summed E-state index contributed by atoms with van der Waals surface area (Å²) in [7, 11) is 0. The summed E-state index contributed by atoms with van der Waals surface area (Å²) in [5.41, 5.74) is 2.03. The summed E-state index contributed by atoms with van der Waals surface area (Å²) in [5.74, 6) is -0.250. The van der Waals surface area contributed by atoms with E-state index < -0.39 is 0 Å². The molecule has 2 rings (SSSR count). The Hall–Kier alpha value is -1.89. The molecule has 0 fully saturated rings. The van der Waals surface area contributed by atoms with Gasteiger partial charge in [-0.1, -0.05) is 36.4 Å². The van der Waals surface area contributed by atoms with E-state index in [4.69, 9.17) is 4.74 Å². The molecule has 7 heteroatoms. The predicted molar refractivity (Wildman–Crippen MR) is 80.5 cm³/mol. The van der Waals surface area contributed by atoms with Crippen molar-refractivity contribution in [2.75, 3.05) is 6.61 Å². The lowest BCUT2D eigenvalue weighted by atomic mass is 10.2. The highest BCUT2D eigenvalue weighted by atomic mass is 32.2. The Balaban J connectivity index is 2.10. The third-order valence-electron chi connectivity index (χ3n) is 2.78. The topological polar surface area (TPSA) is 69.9 Å². The molecule has 2 aromatic rings. The van der Waals surface area contributed by atoms with E-state index in [9.17, 15) is 4.79 Å². The Kier molecular flexibility index (Phi) is 5.32. The smallest absolute Gasteiger partial charge is 0.319 e. The molecule has 0 aliphatic heterocycles. The van der Waals surface area contributed by atoms with Gasteiger partial charge in [0, 0.05) is 0 Å². The molecule has 1 heterocycles. The van der Waals surface area contributed by atoms with Crippen molar-refractivity contribution in [3.05, 3.63) is 29.8 Å².